The molecular formula is C49H86O6P2. The van der Waals surface area contributed by atoms with Gasteiger partial charge in [-0.3, -0.25) is 9.05 Å². The Labute approximate surface area is 353 Å². The first-order chi connectivity index (χ1) is 26.9. The Bertz CT molecular complexity index is 1270. The van der Waals surface area contributed by atoms with Gasteiger partial charge < -0.3 is 18.1 Å². The van der Waals surface area contributed by atoms with Gasteiger partial charge in [-0.05, 0) is 142 Å². The van der Waals surface area contributed by atoms with E-state index in [0.717, 1.165) is 37.0 Å². The maximum Gasteiger partial charge on any atom is 0.397 e. The molecule has 0 radical (unpaired) electrons. The Morgan fingerprint density at radius 3 is 1.12 bits per heavy atom. The third-order valence-electron chi connectivity index (χ3n) is 14.7. The molecule has 0 amide bonds. The molecule has 4 saturated carbocycles. The molecule has 0 spiro atoms. The van der Waals surface area contributed by atoms with Gasteiger partial charge in [-0.2, -0.15) is 0 Å². The SMILES string of the molecule is CC(C)C1CC[C@@H](C)C[C@H]1OP(Oc1ccccc1C(C)(C)OP(O[C@@H]1C[C@H](C)CC[C@H]1C(C)C)O[C@@H]1C[C@H](C)CC[C@H]1C(C)C)O[C@@H]1C[C@H](C)CC[C@H]1C(C)C. The van der Waals surface area contributed by atoms with Gasteiger partial charge in [-0.25, -0.2) is 0 Å². The van der Waals surface area contributed by atoms with Crippen molar-refractivity contribution < 1.29 is 27.1 Å². The molecule has 0 heterocycles. The van der Waals surface area contributed by atoms with Crippen molar-refractivity contribution in [3.8, 4) is 5.75 Å². The second kappa shape index (κ2) is 21.7. The van der Waals surface area contributed by atoms with Crippen molar-refractivity contribution in [2.45, 2.75) is 204 Å². The first-order valence-electron chi connectivity index (χ1n) is 23.7. The minimum absolute atomic E-state index is 0.114. The van der Waals surface area contributed by atoms with Gasteiger partial charge in [-0.15, -0.1) is 0 Å². The monoisotopic (exact) mass is 833 g/mol. The quantitative estimate of drug-likeness (QED) is 0.146. The topological polar surface area (TPSA) is 55.4 Å². The van der Waals surface area contributed by atoms with Gasteiger partial charge in [0.2, 0.25) is 0 Å². The fraction of sp³-hybridized carbons (Fsp3) is 0.878. The molecule has 13 atom stereocenters. The predicted octanol–water partition coefficient (Wildman–Crippen LogP) is 15.7. The molecule has 5 rings (SSSR count). The fourth-order valence-corrected chi connectivity index (χ4v) is 13.8. The van der Waals surface area contributed by atoms with E-state index in [1.165, 1.54) is 51.4 Å². The predicted molar refractivity (Wildman–Crippen MR) is 240 cm³/mol. The standard InChI is InChI=1S/C49H86O6P2/c1-31(2)39-23-19-35(9)27-45(39)51-56(52-46-28-36(10)20-24-40(46)32(3)4)50-44-18-16-15-17-43(44)49(13,14)55-57(53-47-29-37(11)21-25-41(47)33(5)6)54-48-30-38(12)22-26-42(48)34(7)8/h15-18,31-42,45-48H,19-30H2,1-14H3/t35-,36-,37-,38-,39+,40?,41+,42+,45-,46-,47-,48-,56?/m1/s1. The molecule has 4 aliphatic carbocycles. The molecule has 0 saturated heterocycles. The molecule has 0 bridgehead atoms. The third-order valence-corrected chi connectivity index (χ3v) is 17.5. The highest BCUT2D eigenvalue weighted by Crippen LogP contribution is 2.57. The smallest absolute Gasteiger partial charge is 0.397 e. The first-order valence-corrected chi connectivity index (χ1v) is 25.8. The lowest BCUT2D eigenvalue weighted by Crippen LogP contribution is -2.37. The van der Waals surface area contributed by atoms with E-state index in [1.807, 2.05) is 0 Å². The maximum atomic E-state index is 7.27. The van der Waals surface area contributed by atoms with E-state index in [1.54, 1.807) is 0 Å². The van der Waals surface area contributed by atoms with E-state index in [2.05, 4.69) is 121 Å². The van der Waals surface area contributed by atoms with Crippen LogP contribution in [0.5, 0.6) is 5.75 Å². The molecule has 57 heavy (non-hydrogen) atoms. The van der Waals surface area contributed by atoms with E-state index in [-0.39, 0.29) is 24.4 Å². The zero-order valence-electron chi connectivity index (χ0n) is 38.9. The summed E-state index contributed by atoms with van der Waals surface area (Å²) < 4.78 is 43.2. The Hall–Kier alpha value is -0.320. The van der Waals surface area contributed by atoms with Crippen LogP contribution in [0.4, 0.5) is 0 Å². The molecule has 0 N–H and O–H groups in total. The number of para-hydroxylation sites is 1. The summed E-state index contributed by atoms with van der Waals surface area (Å²) in [6.45, 7) is 32.7. The van der Waals surface area contributed by atoms with Crippen LogP contribution >= 0.6 is 17.2 Å². The largest absolute Gasteiger partial charge is 0.426 e. The van der Waals surface area contributed by atoms with Gasteiger partial charge in [0.15, 0.2) is 0 Å². The summed E-state index contributed by atoms with van der Waals surface area (Å²) in [4.78, 5) is 0. The van der Waals surface area contributed by atoms with Crippen molar-refractivity contribution in [2.75, 3.05) is 0 Å². The van der Waals surface area contributed by atoms with Crippen LogP contribution in [0.3, 0.4) is 0 Å². The Balaban J connectivity index is 1.46. The second-order valence-electron chi connectivity index (χ2n) is 21.5. The van der Waals surface area contributed by atoms with Gasteiger partial charge in [0.1, 0.15) is 11.4 Å². The van der Waals surface area contributed by atoms with E-state index < -0.39 is 22.8 Å². The van der Waals surface area contributed by atoms with Crippen molar-refractivity contribution in [3.63, 3.8) is 0 Å². The van der Waals surface area contributed by atoms with Crippen molar-refractivity contribution in [1.29, 1.82) is 0 Å². The van der Waals surface area contributed by atoms with Crippen LogP contribution in [0.15, 0.2) is 24.3 Å². The normalized spacial score (nSPS) is 35.1. The van der Waals surface area contributed by atoms with Gasteiger partial charge in [0, 0.05) is 5.56 Å². The summed E-state index contributed by atoms with van der Waals surface area (Å²) in [5.74, 6) is 7.44. The van der Waals surface area contributed by atoms with Gasteiger partial charge >= 0.3 is 17.2 Å². The molecule has 0 aromatic heterocycles. The summed E-state index contributed by atoms with van der Waals surface area (Å²) in [7, 11) is -3.35. The van der Waals surface area contributed by atoms with Gasteiger partial charge in [0.25, 0.3) is 0 Å². The van der Waals surface area contributed by atoms with Crippen LogP contribution < -0.4 is 4.52 Å². The van der Waals surface area contributed by atoms with Crippen LogP contribution in [0.2, 0.25) is 0 Å². The van der Waals surface area contributed by atoms with Crippen LogP contribution in [0, 0.1) is 71.0 Å². The summed E-state index contributed by atoms with van der Waals surface area (Å²) in [6.07, 6.45) is 14.5. The minimum Gasteiger partial charge on any atom is -0.426 e. The Morgan fingerprint density at radius 2 is 0.789 bits per heavy atom. The zero-order chi connectivity index (χ0) is 41.6. The van der Waals surface area contributed by atoms with Crippen molar-refractivity contribution >= 4 is 17.2 Å². The van der Waals surface area contributed by atoms with Gasteiger partial charge in [-0.1, -0.05) is 127 Å². The first kappa shape index (κ1) is 47.7. The molecule has 2 unspecified atom stereocenters. The highest BCUT2D eigenvalue weighted by molar-refractivity contribution is 7.42. The summed E-state index contributed by atoms with van der Waals surface area (Å²) in [6, 6.07) is 8.43. The van der Waals surface area contributed by atoms with Crippen LogP contribution in [0.1, 0.15) is 180 Å². The summed E-state index contributed by atoms with van der Waals surface area (Å²) in [5, 5.41) is 0. The number of hydrogen-bond donors (Lipinski definition) is 0. The fourth-order valence-electron chi connectivity index (χ4n) is 10.9. The summed E-state index contributed by atoms with van der Waals surface area (Å²) in [5.41, 5.74) is 0.221. The minimum atomic E-state index is -1.68. The molecule has 1 aromatic carbocycles. The Morgan fingerprint density at radius 1 is 0.474 bits per heavy atom. The highest BCUT2D eigenvalue weighted by atomic mass is 31.2. The molecule has 8 heteroatoms. The zero-order valence-corrected chi connectivity index (χ0v) is 40.7. The van der Waals surface area contributed by atoms with Gasteiger partial charge in [0.05, 0.1) is 24.4 Å². The molecule has 0 aliphatic heterocycles. The Kier molecular flexibility index (Phi) is 18.1. The van der Waals surface area contributed by atoms with E-state index in [9.17, 15) is 0 Å². The van der Waals surface area contributed by atoms with E-state index >= 15 is 0 Å². The lowest BCUT2D eigenvalue weighted by Gasteiger charge is -2.42. The van der Waals surface area contributed by atoms with Crippen LogP contribution in [-0.4, -0.2) is 24.4 Å². The van der Waals surface area contributed by atoms with E-state index in [0.29, 0.717) is 71.0 Å². The molecule has 328 valence electrons. The number of benzene rings is 1. The molecular weight excluding hydrogens is 746 g/mol. The van der Waals surface area contributed by atoms with Crippen LogP contribution in [0.25, 0.3) is 0 Å². The molecule has 4 fully saturated rings. The molecule has 1 aromatic rings. The van der Waals surface area contributed by atoms with Crippen molar-refractivity contribution in [2.24, 2.45) is 71.0 Å². The average molecular weight is 833 g/mol. The lowest BCUT2D eigenvalue weighted by atomic mass is 9.75. The summed E-state index contributed by atoms with van der Waals surface area (Å²) >= 11 is 0. The van der Waals surface area contributed by atoms with E-state index in [4.69, 9.17) is 27.1 Å². The second-order valence-corrected chi connectivity index (χ2v) is 23.6. The molecule has 6 nitrogen and oxygen atoms in total. The third kappa shape index (κ3) is 13.3. The highest BCUT2D eigenvalue weighted by Gasteiger charge is 2.43. The number of rotatable bonds is 17. The van der Waals surface area contributed by atoms with Crippen molar-refractivity contribution in [3.05, 3.63) is 29.8 Å². The van der Waals surface area contributed by atoms with Crippen molar-refractivity contribution in [1.82, 2.24) is 0 Å². The molecule has 4 aliphatic rings. The number of hydrogen-bond acceptors (Lipinski definition) is 6. The lowest BCUT2D eigenvalue weighted by molar-refractivity contribution is -0.0335. The van der Waals surface area contributed by atoms with Crippen LogP contribution in [-0.2, 0) is 28.2 Å². The average Bonchev–Trinajstić information content (AvgIpc) is 3.11. The maximum absolute atomic E-state index is 7.27.